The van der Waals surface area contributed by atoms with Gasteiger partial charge in [-0.15, -0.1) is 0 Å². The lowest BCUT2D eigenvalue weighted by Gasteiger charge is -2.06. The van der Waals surface area contributed by atoms with Gasteiger partial charge in [0.05, 0.1) is 12.1 Å². The van der Waals surface area contributed by atoms with E-state index in [9.17, 15) is 9.18 Å². The molecule has 1 heterocycles. The number of halogens is 1. The van der Waals surface area contributed by atoms with Crippen molar-refractivity contribution in [1.82, 2.24) is 4.98 Å². The predicted octanol–water partition coefficient (Wildman–Crippen LogP) is 3.80. The average molecular weight is 282 g/mol. The van der Waals surface area contributed by atoms with Crippen LogP contribution in [0.3, 0.4) is 0 Å². The molecule has 0 bridgehead atoms. The summed E-state index contributed by atoms with van der Waals surface area (Å²) in [5.74, 6) is -0.658. The van der Waals surface area contributed by atoms with Crippen LogP contribution in [0.25, 0.3) is 10.9 Å². The van der Waals surface area contributed by atoms with Crippen LogP contribution in [0.1, 0.15) is 11.3 Å². The summed E-state index contributed by atoms with van der Waals surface area (Å²) < 4.78 is 13.5. The quantitative estimate of drug-likeness (QED) is 0.754. The molecule has 0 radical (unpaired) electrons. The number of benzene rings is 2. The lowest BCUT2D eigenvalue weighted by Crippen LogP contribution is -2.15. The number of nitrogens with one attached hydrogen (secondary N) is 2. The van der Waals surface area contributed by atoms with E-state index < -0.39 is 5.82 Å². The molecule has 0 atom stereocenters. The van der Waals surface area contributed by atoms with Crippen LogP contribution in [0, 0.1) is 12.7 Å². The number of hydrogen-bond donors (Lipinski definition) is 2. The molecular formula is C17H15FN2O. The molecule has 21 heavy (non-hydrogen) atoms. The molecule has 1 aromatic heterocycles. The number of carbonyl (C=O) groups excluding carboxylic acids is 1. The molecular weight excluding hydrogens is 267 g/mol. The van der Waals surface area contributed by atoms with Crippen molar-refractivity contribution in [3.8, 4) is 0 Å². The van der Waals surface area contributed by atoms with Gasteiger partial charge in [0.15, 0.2) is 0 Å². The van der Waals surface area contributed by atoms with Crippen LogP contribution in [0.4, 0.5) is 10.1 Å². The number of aryl methyl sites for hydroxylation is 1. The van der Waals surface area contributed by atoms with Gasteiger partial charge in [0.2, 0.25) is 5.91 Å². The molecule has 106 valence electrons. The first-order chi connectivity index (χ1) is 10.1. The van der Waals surface area contributed by atoms with Gasteiger partial charge in [0.1, 0.15) is 5.82 Å². The van der Waals surface area contributed by atoms with Crippen LogP contribution in [0.5, 0.6) is 0 Å². The highest BCUT2D eigenvalue weighted by Gasteiger charge is 2.08. The molecule has 0 aliphatic carbocycles. The molecule has 0 saturated carbocycles. The molecule has 0 aliphatic heterocycles. The third-order valence-corrected chi connectivity index (χ3v) is 3.33. The summed E-state index contributed by atoms with van der Waals surface area (Å²) in [7, 11) is 0. The summed E-state index contributed by atoms with van der Waals surface area (Å²) in [6, 6.07) is 14.0. The van der Waals surface area contributed by atoms with Crippen LogP contribution in [-0.2, 0) is 11.2 Å². The van der Waals surface area contributed by atoms with E-state index in [4.69, 9.17) is 0 Å². The molecule has 2 N–H and O–H groups in total. The molecule has 3 nitrogen and oxygen atoms in total. The lowest BCUT2D eigenvalue weighted by molar-refractivity contribution is -0.115. The van der Waals surface area contributed by atoms with Crippen LogP contribution >= 0.6 is 0 Å². The summed E-state index contributed by atoms with van der Waals surface area (Å²) in [6.45, 7) is 1.99. The zero-order valence-electron chi connectivity index (χ0n) is 11.6. The molecule has 0 fully saturated rings. The van der Waals surface area contributed by atoms with Crippen LogP contribution in [0.2, 0.25) is 0 Å². The number of aromatic amines is 1. The smallest absolute Gasteiger partial charge is 0.228 e. The fourth-order valence-corrected chi connectivity index (χ4v) is 2.38. The average Bonchev–Trinajstić information content (AvgIpc) is 2.80. The normalized spacial score (nSPS) is 10.8. The Balaban J connectivity index is 1.75. The summed E-state index contributed by atoms with van der Waals surface area (Å²) in [4.78, 5) is 15.2. The van der Waals surface area contributed by atoms with Crippen molar-refractivity contribution in [1.29, 1.82) is 0 Å². The first-order valence-electron chi connectivity index (χ1n) is 6.74. The summed E-state index contributed by atoms with van der Waals surface area (Å²) in [6.07, 6.45) is 0.217. The van der Waals surface area contributed by atoms with E-state index in [0.717, 1.165) is 22.2 Å². The van der Waals surface area contributed by atoms with Crippen molar-refractivity contribution in [2.45, 2.75) is 13.3 Å². The number of para-hydroxylation sites is 1. The Morgan fingerprint density at radius 1 is 1.19 bits per heavy atom. The Bertz CT molecular complexity index is 807. The van der Waals surface area contributed by atoms with Gasteiger partial charge in [-0.05, 0) is 48.2 Å². The van der Waals surface area contributed by atoms with Gasteiger partial charge in [0, 0.05) is 11.2 Å². The Morgan fingerprint density at radius 2 is 2.00 bits per heavy atom. The minimum Gasteiger partial charge on any atom is -0.359 e. The number of anilines is 1. The first kappa shape index (κ1) is 13.4. The van der Waals surface area contributed by atoms with Gasteiger partial charge in [0.25, 0.3) is 0 Å². The Hall–Kier alpha value is -2.62. The fraction of sp³-hybridized carbons (Fsp3) is 0.118. The van der Waals surface area contributed by atoms with Crippen molar-refractivity contribution in [2.24, 2.45) is 0 Å². The molecule has 3 rings (SSSR count). The van der Waals surface area contributed by atoms with Gasteiger partial charge in [-0.3, -0.25) is 4.79 Å². The molecule has 3 aromatic rings. The zero-order valence-corrected chi connectivity index (χ0v) is 11.6. The van der Waals surface area contributed by atoms with Crippen LogP contribution < -0.4 is 5.32 Å². The second-order valence-electron chi connectivity index (χ2n) is 5.08. The van der Waals surface area contributed by atoms with Crippen molar-refractivity contribution < 1.29 is 9.18 Å². The van der Waals surface area contributed by atoms with E-state index >= 15 is 0 Å². The number of hydrogen-bond acceptors (Lipinski definition) is 1. The highest BCUT2D eigenvalue weighted by Crippen LogP contribution is 2.18. The van der Waals surface area contributed by atoms with Crippen molar-refractivity contribution in [3.63, 3.8) is 0 Å². The second kappa shape index (κ2) is 5.40. The largest absolute Gasteiger partial charge is 0.359 e. The fourth-order valence-electron chi connectivity index (χ4n) is 2.38. The predicted molar refractivity (Wildman–Crippen MR) is 81.8 cm³/mol. The van der Waals surface area contributed by atoms with Gasteiger partial charge < -0.3 is 10.3 Å². The van der Waals surface area contributed by atoms with Crippen molar-refractivity contribution in [3.05, 3.63) is 65.6 Å². The number of amides is 1. The zero-order chi connectivity index (χ0) is 14.8. The highest BCUT2D eigenvalue weighted by molar-refractivity contribution is 5.93. The second-order valence-corrected chi connectivity index (χ2v) is 5.08. The van der Waals surface area contributed by atoms with E-state index in [-0.39, 0.29) is 18.0 Å². The third kappa shape index (κ3) is 2.94. The molecule has 0 saturated heterocycles. The maximum Gasteiger partial charge on any atom is 0.228 e. The molecule has 1 amide bonds. The Morgan fingerprint density at radius 3 is 2.81 bits per heavy atom. The number of fused-ring (bicyclic) bond motifs is 1. The van der Waals surface area contributed by atoms with Crippen LogP contribution in [0.15, 0.2) is 48.5 Å². The van der Waals surface area contributed by atoms with E-state index in [2.05, 4.69) is 10.3 Å². The van der Waals surface area contributed by atoms with E-state index in [0.29, 0.717) is 0 Å². The topological polar surface area (TPSA) is 44.9 Å². The third-order valence-electron chi connectivity index (χ3n) is 3.33. The SMILES string of the molecule is Cc1cc2cc(CC(=O)Nc3ccccc3F)ccc2[nH]1. The minimum atomic E-state index is -0.428. The maximum absolute atomic E-state index is 13.5. The first-order valence-corrected chi connectivity index (χ1v) is 6.74. The number of aromatic nitrogens is 1. The van der Waals surface area contributed by atoms with Gasteiger partial charge in [-0.2, -0.15) is 0 Å². The van der Waals surface area contributed by atoms with E-state index in [1.54, 1.807) is 18.2 Å². The number of rotatable bonds is 3. The van der Waals surface area contributed by atoms with E-state index in [1.165, 1.54) is 6.07 Å². The molecule has 2 aromatic carbocycles. The number of H-pyrrole nitrogens is 1. The maximum atomic E-state index is 13.5. The van der Waals surface area contributed by atoms with Crippen molar-refractivity contribution >= 4 is 22.5 Å². The standard InChI is InChI=1S/C17H15FN2O/c1-11-8-13-9-12(6-7-15(13)19-11)10-17(21)20-16-5-3-2-4-14(16)18/h2-9,19H,10H2,1H3,(H,20,21). The van der Waals surface area contributed by atoms with Gasteiger partial charge >= 0.3 is 0 Å². The monoisotopic (exact) mass is 282 g/mol. The Kier molecular flexibility index (Phi) is 3.44. The molecule has 4 heteroatoms. The van der Waals surface area contributed by atoms with Crippen LogP contribution in [-0.4, -0.2) is 10.9 Å². The number of carbonyl (C=O) groups is 1. The van der Waals surface area contributed by atoms with Crippen molar-refractivity contribution in [2.75, 3.05) is 5.32 Å². The summed E-state index contributed by atoms with van der Waals surface area (Å²) in [5.41, 5.74) is 3.24. The molecule has 0 spiro atoms. The summed E-state index contributed by atoms with van der Waals surface area (Å²) in [5, 5.41) is 3.66. The highest BCUT2D eigenvalue weighted by atomic mass is 19.1. The molecule has 0 aliphatic rings. The summed E-state index contributed by atoms with van der Waals surface area (Å²) >= 11 is 0. The lowest BCUT2D eigenvalue weighted by atomic mass is 10.1. The molecule has 0 unspecified atom stereocenters. The van der Waals surface area contributed by atoms with Gasteiger partial charge in [-0.1, -0.05) is 18.2 Å². The Labute approximate surface area is 121 Å². The van der Waals surface area contributed by atoms with E-state index in [1.807, 2.05) is 31.2 Å². The van der Waals surface area contributed by atoms with Gasteiger partial charge in [-0.25, -0.2) is 4.39 Å². The minimum absolute atomic E-state index is 0.209.